The van der Waals surface area contributed by atoms with Gasteiger partial charge in [0.15, 0.2) is 5.96 Å². The highest BCUT2D eigenvalue weighted by molar-refractivity contribution is 14.0. The summed E-state index contributed by atoms with van der Waals surface area (Å²) >= 11 is 0. The zero-order valence-electron chi connectivity index (χ0n) is 12.3. The lowest BCUT2D eigenvalue weighted by molar-refractivity contribution is 0.220. The number of rotatable bonds is 5. The number of hydrogen-bond donors (Lipinski definition) is 2. The van der Waals surface area contributed by atoms with Crippen molar-refractivity contribution in [3.63, 3.8) is 0 Å². The normalized spacial score (nSPS) is 21.9. The molecule has 0 amide bonds. The Balaban J connectivity index is 0.00000180. The molecule has 0 aromatic carbocycles. The average molecular weight is 380 g/mol. The van der Waals surface area contributed by atoms with Crippen molar-refractivity contribution in [1.82, 2.24) is 15.5 Å². The van der Waals surface area contributed by atoms with Crippen LogP contribution in [0.1, 0.15) is 32.6 Å². The monoisotopic (exact) mass is 380 g/mol. The van der Waals surface area contributed by atoms with Crippen LogP contribution in [0.25, 0.3) is 0 Å². The van der Waals surface area contributed by atoms with Gasteiger partial charge in [0, 0.05) is 19.6 Å². The van der Waals surface area contributed by atoms with E-state index < -0.39 is 0 Å². The first-order valence-electron chi connectivity index (χ1n) is 7.48. The molecule has 0 atom stereocenters. The van der Waals surface area contributed by atoms with E-state index >= 15 is 0 Å². The molecule has 1 saturated heterocycles. The Bertz CT molecular complexity index is 271. The fourth-order valence-electron chi connectivity index (χ4n) is 2.37. The maximum absolute atomic E-state index is 4.66. The second-order valence-electron chi connectivity index (χ2n) is 5.79. The van der Waals surface area contributed by atoms with Crippen LogP contribution in [0.15, 0.2) is 4.99 Å². The van der Waals surface area contributed by atoms with Crippen LogP contribution >= 0.6 is 24.0 Å². The number of nitrogens with zero attached hydrogens (tertiary/aromatic N) is 2. The van der Waals surface area contributed by atoms with Crippen LogP contribution in [0, 0.1) is 11.8 Å². The Morgan fingerprint density at radius 2 is 1.79 bits per heavy atom. The molecule has 0 radical (unpaired) electrons. The van der Waals surface area contributed by atoms with Gasteiger partial charge in [-0.15, -0.1) is 24.0 Å². The number of halogens is 1. The van der Waals surface area contributed by atoms with E-state index in [9.17, 15) is 0 Å². The summed E-state index contributed by atoms with van der Waals surface area (Å²) in [5.41, 5.74) is 0. The molecule has 1 aliphatic heterocycles. The average Bonchev–Trinajstić information content (AvgIpc) is 3.19. The van der Waals surface area contributed by atoms with E-state index in [1.165, 1.54) is 38.8 Å². The summed E-state index contributed by atoms with van der Waals surface area (Å²) in [6.07, 6.45) is 5.37. The molecule has 4 nitrogen and oxygen atoms in total. The van der Waals surface area contributed by atoms with Gasteiger partial charge in [0.25, 0.3) is 0 Å². The largest absolute Gasteiger partial charge is 0.357 e. The molecule has 0 aromatic rings. The molecule has 19 heavy (non-hydrogen) atoms. The van der Waals surface area contributed by atoms with Crippen LogP contribution in [0.2, 0.25) is 0 Å². The Morgan fingerprint density at radius 1 is 1.11 bits per heavy atom. The molecule has 1 heterocycles. The zero-order valence-corrected chi connectivity index (χ0v) is 14.7. The Morgan fingerprint density at radius 3 is 2.37 bits per heavy atom. The highest BCUT2D eigenvalue weighted by atomic mass is 127. The molecule has 5 heteroatoms. The highest BCUT2D eigenvalue weighted by Gasteiger charge is 2.21. The fourth-order valence-corrected chi connectivity index (χ4v) is 2.37. The minimum Gasteiger partial charge on any atom is -0.357 e. The van der Waals surface area contributed by atoms with Crippen molar-refractivity contribution in [2.75, 3.05) is 39.8 Å². The summed E-state index contributed by atoms with van der Waals surface area (Å²) in [5.74, 6) is 2.69. The van der Waals surface area contributed by atoms with Gasteiger partial charge in [-0.2, -0.15) is 0 Å². The second-order valence-corrected chi connectivity index (χ2v) is 5.79. The lowest BCUT2D eigenvalue weighted by Crippen LogP contribution is -2.42. The maximum Gasteiger partial charge on any atom is 0.191 e. The Kier molecular flexibility index (Phi) is 8.06. The standard InChI is InChI=1S/C14H28N4.HI/c1-3-15-14(16-10-12-4-5-12)17-11-13-6-8-18(2)9-7-13;/h12-13H,3-11H2,1-2H3,(H2,15,16,17);1H. The molecular weight excluding hydrogens is 351 g/mol. The lowest BCUT2D eigenvalue weighted by Gasteiger charge is -2.29. The van der Waals surface area contributed by atoms with E-state index in [1.807, 2.05) is 0 Å². The number of aliphatic imine (C=N–C) groups is 1. The summed E-state index contributed by atoms with van der Waals surface area (Å²) in [6.45, 7) is 7.63. The minimum absolute atomic E-state index is 0. The van der Waals surface area contributed by atoms with Gasteiger partial charge in [0.2, 0.25) is 0 Å². The fraction of sp³-hybridized carbons (Fsp3) is 0.929. The molecule has 2 aliphatic rings. The van der Waals surface area contributed by atoms with Gasteiger partial charge in [-0.05, 0) is 64.6 Å². The lowest BCUT2D eigenvalue weighted by atomic mass is 9.97. The van der Waals surface area contributed by atoms with Crippen molar-refractivity contribution < 1.29 is 0 Å². The molecule has 0 spiro atoms. The topological polar surface area (TPSA) is 39.7 Å². The molecule has 0 unspecified atom stereocenters. The number of likely N-dealkylation sites (tertiary alicyclic amines) is 1. The third kappa shape index (κ3) is 6.79. The van der Waals surface area contributed by atoms with Gasteiger partial charge in [-0.3, -0.25) is 4.99 Å². The predicted molar refractivity (Wildman–Crippen MR) is 92.3 cm³/mol. The zero-order chi connectivity index (χ0) is 12.8. The molecule has 0 aromatic heterocycles. The molecule has 2 fully saturated rings. The van der Waals surface area contributed by atoms with Crippen molar-refractivity contribution in [3.8, 4) is 0 Å². The maximum atomic E-state index is 4.66. The van der Waals surface area contributed by atoms with Gasteiger partial charge >= 0.3 is 0 Å². The molecule has 1 saturated carbocycles. The van der Waals surface area contributed by atoms with Gasteiger partial charge in [0.05, 0.1) is 0 Å². The number of hydrogen-bond acceptors (Lipinski definition) is 2. The molecule has 112 valence electrons. The van der Waals surface area contributed by atoms with E-state index in [0.29, 0.717) is 0 Å². The first-order valence-corrected chi connectivity index (χ1v) is 7.48. The van der Waals surface area contributed by atoms with Crippen molar-refractivity contribution >= 4 is 29.9 Å². The van der Waals surface area contributed by atoms with Crippen molar-refractivity contribution in [1.29, 1.82) is 0 Å². The van der Waals surface area contributed by atoms with E-state index in [4.69, 9.17) is 0 Å². The molecule has 1 aliphatic carbocycles. The van der Waals surface area contributed by atoms with Crippen LogP contribution < -0.4 is 10.6 Å². The summed E-state index contributed by atoms with van der Waals surface area (Å²) in [4.78, 5) is 7.08. The summed E-state index contributed by atoms with van der Waals surface area (Å²) in [6, 6.07) is 0. The van der Waals surface area contributed by atoms with Gasteiger partial charge in [0.1, 0.15) is 0 Å². The molecule has 2 rings (SSSR count). The van der Waals surface area contributed by atoms with Crippen LogP contribution in [0.4, 0.5) is 0 Å². The van der Waals surface area contributed by atoms with Crippen molar-refractivity contribution in [2.24, 2.45) is 16.8 Å². The third-order valence-corrected chi connectivity index (χ3v) is 3.95. The Labute approximate surface area is 134 Å². The van der Waals surface area contributed by atoms with Crippen LogP contribution in [-0.2, 0) is 0 Å². The number of nitrogens with one attached hydrogen (secondary N) is 2. The Hall–Kier alpha value is -0.0400. The minimum atomic E-state index is 0. The van der Waals surface area contributed by atoms with E-state index in [2.05, 4.69) is 34.5 Å². The molecule has 2 N–H and O–H groups in total. The number of piperidine rings is 1. The van der Waals surface area contributed by atoms with E-state index in [-0.39, 0.29) is 24.0 Å². The first kappa shape index (κ1) is 17.0. The van der Waals surface area contributed by atoms with Crippen molar-refractivity contribution in [3.05, 3.63) is 0 Å². The van der Waals surface area contributed by atoms with Crippen LogP contribution in [0.5, 0.6) is 0 Å². The quantitative estimate of drug-likeness (QED) is 0.435. The van der Waals surface area contributed by atoms with Crippen LogP contribution in [0.3, 0.4) is 0 Å². The van der Waals surface area contributed by atoms with Gasteiger partial charge < -0.3 is 15.5 Å². The third-order valence-electron chi connectivity index (χ3n) is 3.95. The molecule has 0 bridgehead atoms. The predicted octanol–water partition coefficient (Wildman–Crippen LogP) is 1.91. The van der Waals surface area contributed by atoms with E-state index in [1.54, 1.807) is 0 Å². The van der Waals surface area contributed by atoms with E-state index in [0.717, 1.165) is 37.4 Å². The first-order chi connectivity index (χ1) is 8.78. The van der Waals surface area contributed by atoms with Crippen molar-refractivity contribution in [2.45, 2.75) is 32.6 Å². The number of guanidine groups is 1. The summed E-state index contributed by atoms with van der Waals surface area (Å²) in [7, 11) is 2.21. The summed E-state index contributed by atoms with van der Waals surface area (Å²) in [5, 5.41) is 6.85. The van der Waals surface area contributed by atoms with Gasteiger partial charge in [-0.25, -0.2) is 0 Å². The summed E-state index contributed by atoms with van der Waals surface area (Å²) < 4.78 is 0. The SMILES string of the molecule is CCNC(=NCC1CC1)NCC1CCN(C)CC1.I. The second kappa shape index (κ2) is 9.00. The highest BCUT2D eigenvalue weighted by Crippen LogP contribution is 2.28. The smallest absolute Gasteiger partial charge is 0.191 e. The van der Waals surface area contributed by atoms with Gasteiger partial charge in [-0.1, -0.05) is 0 Å². The molecular formula is C14H29IN4. The van der Waals surface area contributed by atoms with Crippen LogP contribution in [-0.4, -0.2) is 50.6 Å².